The van der Waals surface area contributed by atoms with E-state index in [1.165, 1.54) is 16.7 Å². The van der Waals surface area contributed by atoms with Crippen LogP contribution in [0.5, 0.6) is 5.75 Å². The molecule has 0 N–H and O–H groups in total. The lowest BCUT2D eigenvalue weighted by atomic mass is 9.68. The monoisotopic (exact) mass is 336 g/mol. The van der Waals surface area contributed by atoms with Crippen LogP contribution in [-0.4, -0.2) is 12.9 Å². The summed E-state index contributed by atoms with van der Waals surface area (Å²) < 4.78 is 5.56. The molecule has 0 radical (unpaired) electrons. The Morgan fingerprint density at radius 2 is 1.76 bits per heavy atom. The summed E-state index contributed by atoms with van der Waals surface area (Å²) in [5.74, 6) is 2.62. The first-order chi connectivity index (χ1) is 12.0. The third-order valence-corrected chi connectivity index (χ3v) is 5.27. The van der Waals surface area contributed by atoms with Crippen molar-refractivity contribution >= 4 is 5.78 Å². The summed E-state index contributed by atoms with van der Waals surface area (Å²) in [5.41, 5.74) is 4.74. The van der Waals surface area contributed by atoms with Crippen LogP contribution in [0.2, 0.25) is 0 Å². The number of methoxy groups -OCH3 is 1. The molecule has 0 aromatic heterocycles. The van der Waals surface area contributed by atoms with E-state index < -0.39 is 0 Å². The molecular weight excluding hydrogens is 308 g/mol. The van der Waals surface area contributed by atoms with Gasteiger partial charge in [0.15, 0.2) is 5.78 Å². The van der Waals surface area contributed by atoms with E-state index in [0.717, 1.165) is 24.2 Å². The van der Waals surface area contributed by atoms with E-state index in [4.69, 9.17) is 4.74 Å². The van der Waals surface area contributed by atoms with Crippen molar-refractivity contribution in [2.75, 3.05) is 7.11 Å². The second-order valence-corrected chi connectivity index (χ2v) is 7.75. The molecule has 1 aliphatic rings. The van der Waals surface area contributed by atoms with E-state index >= 15 is 0 Å². The number of ketones is 1. The molecule has 2 aromatic rings. The molecule has 25 heavy (non-hydrogen) atoms. The Morgan fingerprint density at radius 3 is 2.36 bits per heavy atom. The van der Waals surface area contributed by atoms with E-state index in [1.54, 1.807) is 7.11 Å². The highest BCUT2D eigenvalue weighted by atomic mass is 16.5. The molecule has 2 nitrogen and oxygen atoms in total. The van der Waals surface area contributed by atoms with Gasteiger partial charge in [-0.2, -0.15) is 0 Å². The molecule has 0 unspecified atom stereocenters. The summed E-state index contributed by atoms with van der Waals surface area (Å²) in [4.78, 5) is 12.4. The first-order valence-electron chi connectivity index (χ1n) is 9.25. The largest absolute Gasteiger partial charge is 0.496 e. The number of hydrogen-bond donors (Lipinski definition) is 0. The Kier molecular flexibility index (Phi) is 5.27. The summed E-state index contributed by atoms with van der Waals surface area (Å²) in [6, 6.07) is 14.8. The van der Waals surface area contributed by atoms with Gasteiger partial charge in [0.05, 0.1) is 7.11 Å². The van der Waals surface area contributed by atoms with Crippen LogP contribution in [-0.2, 0) is 0 Å². The Hall–Kier alpha value is -2.09. The third-order valence-electron chi connectivity index (χ3n) is 5.27. The van der Waals surface area contributed by atoms with Crippen LogP contribution in [0.15, 0.2) is 42.5 Å². The van der Waals surface area contributed by atoms with Gasteiger partial charge < -0.3 is 4.74 Å². The summed E-state index contributed by atoms with van der Waals surface area (Å²) in [6.07, 6.45) is 2.85. The second kappa shape index (κ2) is 7.43. The van der Waals surface area contributed by atoms with Crippen LogP contribution in [0.3, 0.4) is 0 Å². The summed E-state index contributed by atoms with van der Waals surface area (Å²) in [7, 11) is 1.71. The molecule has 0 amide bonds. The number of carbonyl (C=O) groups is 1. The van der Waals surface area contributed by atoms with E-state index in [0.29, 0.717) is 24.2 Å². The van der Waals surface area contributed by atoms with E-state index in [9.17, 15) is 4.79 Å². The zero-order valence-electron chi connectivity index (χ0n) is 15.7. The maximum atomic E-state index is 12.4. The Balaban J connectivity index is 1.75. The van der Waals surface area contributed by atoms with Gasteiger partial charge >= 0.3 is 0 Å². The zero-order valence-corrected chi connectivity index (χ0v) is 15.7. The smallest absolute Gasteiger partial charge is 0.163 e. The molecule has 2 heteroatoms. The molecule has 0 heterocycles. The van der Waals surface area contributed by atoms with Crippen LogP contribution < -0.4 is 4.74 Å². The number of benzene rings is 2. The van der Waals surface area contributed by atoms with Gasteiger partial charge in [0.1, 0.15) is 5.75 Å². The van der Waals surface area contributed by atoms with Gasteiger partial charge in [-0.1, -0.05) is 43.7 Å². The van der Waals surface area contributed by atoms with Gasteiger partial charge in [-0.25, -0.2) is 0 Å². The lowest BCUT2D eigenvalue weighted by molar-refractivity contribution is 0.0967. The quantitative estimate of drug-likeness (QED) is 0.614. The van der Waals surface area contributed by atoms with E-state index in [-0.39, 0.29) is 5.78 Å². The number of carbonyl (C=O) groups excluding carboxylic acids is 1. The number of hydrogen-bond acceptors (Lipinski definition) is 2. The first kappa shape index (κ1) is 17.7. The minimum Gasteiger partial charge on any atom is -0.496 e. The summed E-state index contributed by atoms with van der Waals surface area (Å²) in [5, 5.41) is 0. The van der Waals surface area contributed by atoms with Crippen LogP contribution in [0.4, 0.5) is 0 Å². The highest BCUT2D eigenvalue weighted by molar-refractivity contribution is 5.96. The highest BCUT2D eigenvalue weighted by Crippen LogP contribution is 2.50. The molecule has 1 saturated carbocycles. The predicted octanol–water partition coefficient (Wildman–Crippen LogP) is 5.89. The molecule has 0 atom stereocenters. The maximum absolute atomic E-state index is 12.4. The fraction of sp³-hybridized carbons (Fsp3) is 0.435. The summed E-state index contributed by atoms with van der Waals surface area (Å²) >= 11 is 0. The van der Waals surface area contributed by atoms with Crippen molar-refractivity contribution in [3.63, 3.8) is 0 Å². The van der Waals surface area contributed by atoms with Gasteiger partial charge in [0.2, 0.25) is 0 Å². The average molecular weight is 336 g/mol. The van der Waals surface area contributed by atoms with Crippen molar-refractivity contribution in [3.8, 4) is 5.75 Å². The number of ether oxygens (including phenoxy) is 1. The molecule has 1 aliphatic carbocycles. The van der Waals surface area contributed by atoms with Gasteiger partial charge in [0, 0.05) is 12.0 Å². The molecule has 0 aliphatic heterocycles. The second-order valence-electron chi connectivity index (χ2n) is 7.75. The number of rotatable bonds is 6. The average Bonchev–Trinajstić information content (AvgIpc) is 2.54. The summed E-state index contributed by atoms with van der Waals surface area (Å²) in [6.45, 7) is 6.29. The fourth-order valence-electron chi connectivity index (χ4n) is 3.70. The normalized spacial score (nSPS) is 19.6. The minimum absolute atomic E-state index is 0.230. The van der Waals surface area contributed by atoms with E-state index in [2.05, 4.69) is 51.1 Å². The fourth-order valence-corrected chi connectivity index (χ4v) is 3.70. The topological polar surface area (TPSA) is 26.3 Å². The van der Waals surface area contributed by atoms with Crippen LogP contribution in [0.1, 0.15) is 72.0 Å². The van der Waals surface area contributed by atoms with E-state index in [1.807, 2.05) is 12.1 Å². The van der Waals surface area contributed by atoms with Crippen LogP contribution >= 0.6 is 0 Å². The van der Waals surface area contributed by atoms with Gasteiger partial charge in [-0.15, -0.1) is 0 Å². The lowest BCUT2D eigenvalue weighted by Crippen LogP contribution is -2.21. The molecule has 1 fully saturated rings. The number of aryl methyl sites for hydroxylation is 1. The Morgan fingerprint density at radius 1 is 1.08 bits per heavy atom. The molecule has 0 bridgehead atoms. The van der Waals surface area contributed by atoms with Crippen LogP contribution in [0, 0.1) is 12.8 Å². The standard InChI is InChI=1S/C23H28O2/c1-15(2)11-22(24)18-9-10-23(25-4)21(14-18)20-12-19(13-20)17-7-5-16(3)6-8-17/h5-10,14-15,19-20H,11-13H2,1-4H3. The molecular formula is C23H28O2. The van der Waals surface area contributed by atoms with Crippen molar-refractivity contribution in [3.05, 3.63) is 64.7 Å². The molecule has 3 rings (SSSR count). The number of Topliss-reactive ketones (excluding diaryl/α,β-unsaturated/α-hetero) is 1. The molecule has 0 saturated heterocycles. The SMILES string of the molecule is COc1ccc(C(=O)CC(C)C)cc1C1CC(c2ccc(C)cc2)C1. The van der Waals surface area contributed by atoms with Crippen molar-refractivity contribution in [1.82, 2.24) is 0 Å². The van der Waals surface area contributed by atoms with Crippen molar-refractivity contribution in [1.29, 1.82) is 0 Å². The van der Waals surface area contributed by atoms with Gasteiger partial charge in [-0.05, 0) is 66.8 Å². The first-order valence-corrected chi connectivity index (χ1v) is 9.25. The zero-order chi connectivity index (χ0) is 18.0. The van der Waals surface area contributed by atoms with Crippen molar-refractivity contribution < 1.29 is 9.53 Å². The molecule has 132 valence electrons. The van der Waals surface area contributed by atoms with Gasteiger partial charge in [-0.3, -0.25) is 4.79 Å². The third kappa shape index (κ3) is 3.95. The molecule has 0 spiro atoms. The highest BCUT2D eigenvalue weighted by Gasteiger charge is 2.33. The minimum atomic E-state index is 0.230. The van der Waals surface area contributed by atoms with Crippen LogP contribution in [0.25, 0.3) is 0 Å². The molecule has 2 aromatic carbocycles. The predicted molar refractivity (Wildman–Crippen MR) is 103 cm³/mol. The van der Waals surface area contributed by atoms with Crippen molar-refractivity contribution in [2.45, 2.75) is 51.9 Å². The Bertz CT molecular complexity index is 737. The lowest BCUT2D eigenvalue weighted by Gasteiger charge is -2.37. The van der Waals surface area contributed by atoms with Gasteiger partial charge in [0.25, 0.3) is 0 Å². The maximum Gasteiger partial charge on any atom is 0.163 e. The van der Waals surface area contributed by atoms with Crippen molar-refractivity contribution in [2.24, 2.45) is 5.92 Å². The Labute approximate surface area is 151 Å².